The Hall–Kier alpha value is -2.16. The molecule has 0 spiro atoms. The van der Waals surface area contributed by atoms with Crippen LogP contribution in [0.15, 0.2) is 23.2 Å². The van der Waals surface area contributed by atoms with Crippen molar-refractivity contribution >= 4 is 27.7 Å². The molecule has 0 aromatic carbocycles. The maximum Gasteiger partial charge on any atom is 0.368 e. The van der Waals surface area contributed by atoms with Gasteiger partial charge in [-0.25, -0.2) is 24.3 Å². The average Bonchev–Trinajstić information content (AvgIpc) is 2.59. The number of fused-ring (bicyclic) bond motifs is 1. The Balaban J connectivity index is 2.63. The molecule has 0 unspecified atom stereocenters. The molecule has 0 radical (unpaired) electrons. The zero-order valence-corrected chi connectivity index (χ0v) is 7.92. The molecule has 0 N–H and O–H groups in total. The second kappa shape index (κ2) is 3.53. The molecule has 2 aromatic heterocycles. The van der Waals surface area contributed by atoms with Gasteiger partial charge in [-0.05, 0) is 0 Å². The summed E-state index contributed by atoms with van der Waals surface area (Å²) >= 11 is 0. The summed E-state index contributed by atoms with van der Waals surface area (Å²) in [7, 11) is -2.79. The van der Waals surface area contributed by atoms with E-state index in [2.05, 4.69) is 19.3 Å². The highest BCUT2D eigenvalue weighted by Crippen LogP contribution is 2.07. The maximum atomic E-state index is 11.2. The number of aromatic nitrogens is 4. The summed E-state index contributed by atoms with van der Waals surface area (Å²) in [5.74, 6) is 0. The van der Waals surface area contributed by atoms with E-state index in [4.69, 9.17) is 0 Å². The number of hydrogen-bond donors (Lipinski definition) is 0. The third kappa shape index (κ3) is 1.72. The molecule has 2 aromatic rings. The van der Waals surface area contributed by atoms with Crippen LogP contribution in [0.3, 0.4) is 0 Å². The van der Waals surface area contributed by atoms with Gasteiger partial charge in [-0.15, -0.1) is 0 Å². The Kier molecular flexibility index (Phi) is 2.21. The maximum absolute atomic E-state index is 11.2. The van der Waals surface area contributed by atoms with Crippen LogP contribution in [-0.2, 0) is 10.5 Å². The van der Waals surface area contributed by atoms with Crippen LogP contribution in [0, 0.1) is 0 Å². The number of carbonyl (C=O) groups excluding carboxylic acids is 1. The van der Waals surface area contributed by atoms with E-state index in [1.807, 2.05) is 0 Å². The van der Waals surface area contributed by atoms with Gasteiger partial charge in [-0.1, -0.05) is 4.36 Å². The van der Waals surface area contributed by atoms with Crippen LogP contribution in [0.4, 0.5) is 4.79 Å². The first-order valence-electron chi connectivity index (χ1n) is 3.67. The van der Waals surface area contributed by atoms with Gasteiger partial charge < -0.3 is 0 Å². The predicted molar refractivity (Wildman–Crippen MR) is 47.5 cm³/mol. The van der Waals surface area contributed by atoms with Gasteiger partial charge in [0.15, 0.2) is 5.65 Å². The molecular formula is C6H3N5O3S. The number of nitrogens with zero attached hydrogens (tertiary/aromatic N) is 5. The number of rotatable bonds is 0. The Labute approximate surface area is 84.3 Å². The first-order valence-corrected chi connectivity index (χ1v) is 4.70. The zero-order valence-electron chi connectivity index (χ0n) is 7.10. The third-order valence-electron chi connectivity index (χ3n) is 1.59. The molecule has 2 rings (SSSR count). The lowest BCUT2D eigenvalue weighted by molar-refractivity contribution is 0.251. The highest BCUT2D eigenvalue weighted by atomic mass is 32.2. The summed E-state index contributed by atoms with van der Waals surface area (Å²) < 4.78 is 24.1. The van der Waals surface area contributed by atoms with Crippen LogP contribution in [0.1, 0.15) is 0 Å². The first kappa shape index (κ1) is 9.40. The molecule has 0 fully saturated rings. The van der Waals surface area contributed by atoms with Crippen LogP contribution < -0.4 is 0 Å². The van der Waals surface area contributed by atoms with Crippen LogP contribution in [-0.4, -0.2) is 34.0 Å². The molecule has 0 aliphatic carbocycles. The van der Waals surface area contributed by atoms with E-state index < -0.39 is 16.5 Å². The minimum absolute atomic E-state index is 0.297. The van der Waals surface area contributed by atoms with E-state index in [1.165, 1.54) is 12.5 Å². The monoisotopic (exact) mass is 225 g/mol. The van der Waals surface area contributed by atoms with Crippen molar-refractivity contribution in [1.29, 1.82) is 0 Å². The first-order chi connectivity index (χ1) is 7.18. The molecular weight excluding hydrogens is 222 g/mol. The van der Waals surface area contributed by atoms with E-state index in [0.717, 1.165) is 10.9 Å². The summed E-state index contributed by atoms with van der Waals surface area (Å²) in [4.78, 5) is 22.5. The topological polar surface area (TPSA) is 107 Å². The second-order valence-electron chi connectivity index (χ2n) is 2.44. The van der Waals surface area contributed by atoms with Crippen molar-refractivity contribution in [2.75, 3.05) is 0 Å². The van der Waals surface area contributed by atoms with E-state index in [9.17, 15) is 13.2 Å². The molecule has 0 aliphatic heterocycles. The fourth-order valence-electron chi connectivity index (χ4n) is 1.02. The molecule has 0 saturated carbocycles. The fraction of sp³-hybridized carbons (Fsp3) is 0. The van der Waals surface area contributed by atoms with E-state index in [0.29, 0.717) is 11.2 Å². The molecule has 76 valence electrons. The molecule has 0 saturated heterocycles. The minimum atomic E-state index is -2.79. The minimum Gasteiger partial charge on any atom is -0.245 e. The molecule has 0 aliphatic rings. The Morgan fingerprint density at radius 3 is 2.93 bits per heavy atom. The molecule has 2 heterocycles. The predicted octanol–water partition coefficient (Wildman–Crippen LogP) is -0.143. The molecule has 1 amide bonds. The standard InChI is InChI=1S/C6H3N5O3S/c12-6(10-15(13)14)11-3-9-5-4(11)1-7-2-8-5/h1-3H. The summed E-state index contributed by atoms with van der Waals surface area (Å²) in [5, 5.41) is 0. The van der Waals surface area contributed by atoms with Crippen molar-refractivity contribution in [3.05, 3.63) is 18.9 Å². The van der Waals surface area contributed by atoms with Crippen molar-refractivity contribution in [1.82, 2.24) is 19.5 Å². The van der Waals surface area contributed by atoms with Crippen molar-refractivity contribution in [3.8, 4) is 0 Å². The SMILES string of the molecule is O=C(N=S(=O)=O)n1cnc2ncncc21. The lowest BCUT2D eigenvalue weighted by Gasteiger charge is -1.92. The number of hydrogen-bond acceptors (Lipinski definition) is 6. The van der Waals surface area contributed by atoms with Crippen molar-refractivity contribution in [3.63, 3.8) is 0 Å². The molecule has 8 nitrogen and oxygen atoms in total. The summed E-state index contributed by atoms with van der Waals surface area (Å²) in [6, 6.07) is -0.958. The van der Waals surface area contributed by atoms with Crippen LogP contribution in [0.5, 0.6) is 0 Å². The lowest BCUT2D eigenvalue weighted by Crippen LogP contribution is -2.04. The third-order valence-corrected chi connectivity index (χ3v) is 1.89. The highest BCUT2D eigenvalue weighted by molar-refractivity contribution is 7.62. The van der Waals surface area contributed by atoms with Gasteiger partial charge in [0.2, 0.25) is 0 Å². The van der Waals surface area contributed by atoms with Gasteiger partial charge >= 0.3 is 16.5 Å². The van der Waals surface area contributed by atoms with Gasteiger partial charge in [0.05, 0.1) is 6.20 Å². The van der Waals surface area contributed by atoms with Crippen molar-refractivity contribution < 1.29 is 13.2 Å². The molecule has 9 heteroatoms. The largest absolute Gasteiger partial charge is 0.368 e. The van der Waals surface area contributed by atoms with Crippen LogP contribution >= 0.6 is 0 Å². The van der Waals surface area contributed by atoms with E-state index in [1.54, 1.807) is 0 Å². The quantitative estimate of drug-likeness (QED) is 0.617. The van der Waals surface area contributed by atoms with Crippen molar-refractivity contribution in [2.24, 2.45) is 4.36 Å². The highest BCUT2D eigenvalue weighted by Gasteiger charge is 2.09. The fourth-order valence-corrected chi connectivity index (χ4v) is 1.24. The molecule has 15 heavy (non-hydrogen) atoms. The number of carbonyl (C=O) groups is 1. The summed E-state index contributed by atoms with van der Waals surface area (Å²) in [6.45, 7) is 0. The molecule has 0 bridgehead atoms. The van der Waals surface area contributed by atoms with Gasteiger partial charge in [-0.3, -0.25) is 0 Å². The average molecular weight is 225 g/mol. The molecule has 0 atom stereocenters. The number of imidazole rings is 1. The van der Waals surface area contributed by atoms with Gasteiger partial charge in [0, 0.05) is 0 Å². The van der Waals surface area contributed by atoms with E-state index >= 15 is 0 Å². The summed E-state index contributed by atoms with van der Waals surface area (Å²) in [6.07, 6.45) is 3.75. The zero-order chi connectivity index (χ0) is 10.8. The Morgan fingerprint density at radius 2 is 2.20 bits per heavy atom. The van der Waals surface area contributed by atoms with Crippen molar-refractivity contribution in [2.45, 2.75) is 0 Å². The van der Waals surface area contributed by atoms with Gasteiger partial charge in [-0.2, -0.15) is 8.42 Å². The smallest absolute Gasteiger partial charge is 0.245 e. The van der Waals surface area contributed by atoms with E-state index in [-0.39, 0.29) is 0 Å². The second-order valence-corrected chi connectivity index (χ2v) is 3.05. The number of amides is 1. The summed E-state index contributed by atoms with van der Waals surface area (Å²) in [5.41, 5.74) is 0.599. The lowest BCUT2D eigenvalue weighted by atomic mass is 10.5. The normalized spacial score (nSPS) is 10.1. The Bertz CT molecular complexity index is 650. The Morgan fingerprint density at radius 1 is 1.40 bits per heavy atom. The van der Waals surface area contributed by atoms with Gasteiger partial charge in [0.25, 0.3) is 0 Å². The van der Waals surface area contributed by atoms with Crippen LogP contribution in [0.25, 0.3) is 11.2 Å². The van der Waals surface area contributed by atoms with Crippen LogP contribution in [0.2, 0.25) is 0 Å². The van der Waals surface area contributed by atoms with Gasteiger partial charge in [0.1, 0.15) is 18.2 Å².